The summed E-state index contributed by atoms with van der Waals surface area (Å²) in [5, 5.41) is 3.81. The van der Waals surface area contributed by atoms with Crippen molar-refractivity contribution in [1.82, 2.24) is 15.0 Å². The zero-order valence-electron chi connectivity index (χ0n) is 12.5. The maximum absolute atomic E-state index is 12.9. The highest BCUT2D eigenvalue weighted by atomic mass is 19.1. The van der Waals surface area contributed by atoms with Gasteiger partial charge in [-0.3, -0.25) is 4.79 Å². The molecule has 0 saturated carbocycles. The van der Waals surface area contributed by atoms with E-state index >= 15 is 0 Å². The summed E-state index contributed by atoms with van der Waals surface area (Å²) in [6.07, 6.45) is 2.15. The molecule has 5 nitrogen and oxygen atoms in total. The molecule has 3 rings (SSSR count). The lowest BCUT2D eigenvalue weighted by atomic mass is 9.97. The van der Waals surface area contributed by atoms with Crippen molar-refractivity contribution in [2.45, 2.75) is 32.1 Å². The van der Waals surface area contributed by atoms with Crippen molar-refractivity contribution in [2.75, 3.05) is 13.1 Å². The normalized spacial score (nSPS) is 18.5. The van der Waals surface area contributed by atoms with Gasteiger partial charge in [-0.05, 0) is 37.5 Å². The average Bonchev–Trinajstić information content (AvgIpc) is 2.96. The summed E-state index contributed by atoms with van der Waals surface area (Å²) in [5.41, 5.74) is 0.821. The van der Waals surface area contributed by atoms with E-state index in [1.165, 1.54) is 12.1 Å². The van der Waals surface area contributed by atoms with E-state index in [1.807, 2.05) is 4.90 Å². The lowest BCUT2D eigenvalue weighted by molar-refractivity contribution is -0.131. The molecule has 2 heterocycles. The number of carbonyl (C=O) groups is 1. The van der Waals surface area contributed by atoms with E-state index in [4.69, 9.17) is 4.52 Å². The molecule has 1 aliphatic rings. The summed E-state index contributed by atoms with van der Waals surface area (Å²) >= 11 is 0. The highest BCUT2D eigenvalue weighted by Gasteiger charge is 2.28. The third-order valence-electron chi connectivity index (χ3n) is 3.94. The minimum absolute atomic E-state index is 0.0487. The predicted molar refractivity (Wildman–Crippen MR) is 77.7 cm³/mol. The van der Waals surface area contributed by atoms with Crippen LogP contribution in [-0.4, -0.2) is 34.0 Å². The summed E-state index contributed by atoms with van der Waals surface area (Å²) in [5.74, 6) is 1.09. The molecule has 1 unspecified atom stereocenters. The van der Waals surface area contributed by atoms with Crippen molar-refractivity contribution in [1.29, 1.82) is 0 Å². The first-order valence-electron chi connectivity index (χ1n) is 7.44. The first-order valence-corrected chi connectivity index (χ1v) is 7.44. The molecule has 2 aromatic rings. The maximum atomic E-state index is 12.9. The molecule has 1 aromatic carbocycles. The van der Waals surface area contributed by atoms with Crippen LogP contribution in [0.5, 0.6) is 0 Å². The second-order valence-corrected chi connectivity index (χ2v) is 5.66. The van der Waals surface area contributed by atoms with E-state index in [0.717, 1.165) is 24.9 Å². The topological polar surface area (TPSA) is 59.2 Å². The summed E-state index contributed by atoms with van der Waals surface area (Å²) < 4.78 is 18.1. The van der Waals surface area contributed by atoms with E-state index < -0.39 is 0 Å². The zero-order chi connectivity index (χ0) is 15.5. The number of nitrogens with zero attached hydrogens (tertiary/aromatic N) is 3. The molecule has 0 spiro atoms. The minimum atomic E-state index is -0.291. The Morgan fingerprint density at radius 1 is 1.41 bits per heavy atom. The SMILES string of the molecule is Cc1noc(C2CCCN(C(=O)Cc3ccc(F)cc3)C2)n1. The number of halogens is 1. The Labute approximate surface area is 128 Å². The van der Waals surface area contributed by atoms with Gasteiger partial charge in [0.2, 0.25) is 11.8 Å². The number of aryl methyl sites for hydroxylation is 1. The van der Waals surface area contributed by atoms with Crippen LogP contribution in [0.4, 0.5) is 4.39 Å². The number of hydrogen-bond acceptors (Lipinski definition) is 4. The van der Waals surface area contributed by atoms with Crippen LogP contribution in [0.3, 0.4) is 0 Å². The Hall–Kier alpha value is -2.24. The molecule has 1 aliphatic heterocycles. The van der Waals surface area contributed by atoms with Gasteiger partial charge < -0.3 is 9.42 Å². The summed E-state index contributed by atoms with van der Waals surface area (Å²) in [6.45, 7) is 3.12. The molecule has 0 radical (unpaired) electrons. The molecule has 1 amide bonds. The van der Waals surface area contributed by atoms with Gasteiger partial charge in [-0.25, -0.2) is 4.39 Å². The Kier molecular flexibility index (Phi) is 4.18. The Bertz CT molecular complexity index is 654. The van der Waals surface area contributed by atoms with E-state index in [9.17, 15) is 9.18 Å². The molecule has 116 valence electrons. The second-order valence-electron chi connectivity index (χ2n) is 5.66. The van der Waals surface area contributed by atoms with Crippen molar-refractivity contribution < 1.29 is 13.7 Å². The summed E-state index contributed by atoms with van der Waals surface area (Å²) in [7, 11) is 0. The smallest absolute Gasteiger partial charge is 0.231 e. The lowest BCUT2D eigenvalue weighted by Crippen LogP contribution is -2.40. The molecule has 0 aliphatic carbocycles. The average molecular weight is 303 g/mol. The van der Waals surface area contributed by atoms with Crippen LogP contribution < -0.4 is 0 Å². The molecule has 6 heteroatoms. The highest BCUT2D eigenvalue weighted by Crippen LogP contribution is 2.26. The van der Waals surface area contributed by atoms with Gasteiger partial charge in [0.25, 0.3) is 0 Å². The van der Waals surface area contributed by atoms with Gasteiger partial charge in [-0.1, -0.05) is 17.3 Å². The minimum Gasteiger partial charge on any atom is -0.342 e. The van der Waals surface area contributed by atoms with Gasteiger partial charge in [0.05, 0.1) is 12.3 Å². The third-order valence-corrected chi connectivity index (χ3v) is 3.94. The molecular weight excluding hydrogens is 285 g/mol. The quantitative estimate of drug-likeness (QED) is 0.874. The maximum Gasteiger partial charge on any atom is 0.231 e. The van der Waals surface area contributed by atoms with Gasteiger partial charge in [-0.15, -0.1) is 0 Å². The van der Waals surface area contributed by atoms with Crippen LogP contribution in [0.15, 0.2) is 28.8 Å². The Balaban J connectivity index is 1.63. The Morgan fingerprint density at radius 2 is 2.18 bits per heavy atom. The molecule has 0 N–H and O–H groups in total. The van der Waals surface area contributed by atoms with Crippen molar-refractivity contribution in [3.05, 3.63) is 47.4 Å². The van der Waals surface area contributed by atoms with Gasteiger partial charge in [0.15, 0.2) is 5.82 Å². The van der Waals surface area contributed by atoms with Crippen LogP contribution in [0.2, 0.25) is 0 Å². The Morgan fingerprint density at radius 3 is 2.86 bits per heavy atom. The number of rotatable bonds is 3. The fourth-order valence-electron chi connectivity index (χ4n) is 2.77. The largest absolute Gasteiger partial charge is 0.342 e. The lowest BCUT2D eigenvalue weighted by Gasteiger charge is -2.31. The molecule has 1 atom stereocenters. The molecular formula is C16H18FN3O2. The number of hydrogen-bond donors (Lipinski definition) is 0. The van der Waals surface area contributed by atoms with Gasteiger partial charge in [0, 0.05) is 13.1 Å². The highest BCUT2D eigenvalue weighted by molar-refractivity contribution is 5.78. The third kappa shape index (κ3) is 3.32. The van der Waals surface area contributed by atoms with E-state index in [-0.39, 0.29) is 24.1 Å². The molecule has 1 fully saturated rings. The van der Waals surface area contributed by atoms with Crippen molar-refractivity contribution >= 4 is 5.91 Å². The van der Waals surface area contributed by atoms with Gasteiger partial charge in [0.1, 0.15) is 5.82 Å². The zero-order valence-corrected chi connectivity index (χ0v) is 12.5. The monoisotopic (exact) mass is 303 g/mol. The fraction of sp³-hybridized carbons (Fsp3) is 0.438. The molecule has 22 heavy (non-hydrogen) atoms. The fourth-order valence-corrected chi connectivity index (χ4v) is 2.77. The van der Waals surface area contributed by atoms with Crippen LogP contribution in [-0.2, 0) is 11.2 Å². The van der Waals surface area contributed by atoms with Crippen molar-refractivity contribution in [3.63, 3.8) is 0 Å². The first kappa shape index (κ1) is 14.7. The van der Waals surface area contributed by atoms with Gasteiger partial charge >= 0.3 is 0 Å². The number of benzene rings is 1. The standard InChI is InChI=1S/C16H18FN3O2/c1-11-18-16(22-19-11)13-3-2-8-20(10-13)15(21)9-12-4-6-14(17)7-5-12/h4-7,13H,2-3,8-10H2,1H3. The van der Waals surface area contributed by atoms with Crippen LogP contribution in [0.1, 0.15) is 36.0 Å². The van der Waals surface area contributed by atoms with Crippen LogP contribution >= 0.6 is 0 Å². The summed E-state index contributed by atoms with van der Waals surface area (Å²) in [4.78, 5) is 18.5. The van der Waals surface area contributed by atoms with Crippen molar-refractivity contribution in [3.8, 4) is 0 Å². The number of amides is 1. The van der Waals surface area contributed by atoms with Gasteiger partial charge in [-0.2, -0.15) is 4.98 Å². The number of likely N-dealkylation sites (tertiary alicyclic amines) is 1. The predicted octanol–water partition coefficient (Wildman–Crippen LogP) is 2.47. The molecule has 0 bridgehead atoms. The molecule has 1 saturated heterocycles. The second kappa shape index (κ2) is 6.25. The van der Waals surface area contributed by atoms with Crippen LogP contribution in [0.25, 0.3) is 0 Å². The van der Waals surface area contributed by atoms with E-state index in [0.29, 0.717) is 18.3 Å². The van der Waals surface area contributed by atoms with E-state index in [1.54, 1.807) is 19.1 Å². The number of piperidine rings is 1. The molecule has 1 aromatic heterocycles. The number of aromatic nitrogens is 2. The first-order chi connectivity index (χ1) is 10.6. The number of carbonyl (C=O) groups excluding carboxylic acids is 1. The van der Waals surface area contributed by atoms with Crippen molar-refractivity contribution in [2.24, 2.45) is 0 Å². The van der Waals surface area contributed by atoms with E-state index in [2.05, 4.69) is 10.1 Å². The van der Waals surface area contributed by atoms with Crippen LogP contribution in [0, 0.1) is 12.7 Å². The summed E-state index contributed by atoms with van der Waals surface area (Å²) in [6, 6.07) is 6.05.